The van der Waals surface area contributed by atoms with Crippen LogP contribution in [-0.4, -0.2) is 21.1 Å². The molecule has 5 nitrogen and oxygen atoms in total. The molecule has 0 saturated carbocycles. The van der Waals surface area contributed by atoms with Gasteiger partial charge < -0.3 is 10.4 Å². The van der Waals surface area contributed by atoms with Gasteiger partial charge in [0, 0.05) is 18.6 Å². The van der Waals surface area contributed by atoms with Gasteiger partial charge in [-0.15, -0.1) is 0 Å². The fourth-order valence-electron chi connectivity index (χ4n) is 0.758. The Kier molecular flexibility index (Phi) is 4.14. The van der Waals surface area contributed by atoms with Crippen molar-refractivity contribution in [3.8, 4) is 0 Å². The highest BCUT2D eigenvalue weighted by Crippen LogP contribution is 2.22. The molecule has 0 radical (unpaired) electrons. The number of aliphatic carboxylic acids is 1. The van der Waals surface area contributed by atoms with E-state index in [0.717, 1.165) is 11.8 Å². The minimum Gasteiger partial charge on any atom is -0.478 e. The van der Waals surface area contributed by atoms with Crippen LogP contribution in [0.2, 0.25) is 0 Å². The number of thioether (sulfide) groups is 1. The second-order valence-electron chi connectivity index (χ2n) is 2.63. The van der Waals surface area contributed by atoms with Gasteiger partial charge in [0.2, 0.25) is 4.99 Å². The number of nitrogens with zero attached hydrogens (tertiary/aromatic N) is 1. The third-order valence-electron chi connectivity index (χ3n) is 1.50. The monoisotopic (exact) mass is 225 g/mol. The van der Waals surface area contributed by atoms with Crippen LogP contribution < -0.4 is 11.1 Å². The number of hydrogen-bond donors (Lipinski definition) is 3. The molecule has 0 saturated heterocycles. The standard InChI is InChI=1S/C5H5N.C4H6N2O2S/c1-2-4-6-5-3-1;5-4(3(7)8)6-1-2-9-4/h1-5H;1-2,6H,5H2,(H,7,8). The Morgan fingerprint density at radius 3 is 2.27 bits per heavy atom. The van der Waals surface area contributed by atoms with Crippen LogP contribution in [-0.2, 0) is 4.79 Å². The highest BCUT2D eigenvalue weighted by molar-refractivity contribution is 8.04. The first-order chi connectivity index (χ1) is 7.15. The van der Waals surface area contributed by atoms with Gasteiger partial charge in [-0.05, 0) is 17.5 Å². The van der Waals surface area contributed by atoms with E-state index in [9.17, 15) is 4.79 Å². The van der Waals surface area contributed by atoms with E-state index in [0.29, 0.717) is 0 Å². The van der Waals surface area contributed by atoms with Crippen molar-refractivity contribution < 1.29 is 9.90 Å². The molecule has 0 spiro atoms. The van der Waals surface area contributed by atoms with E-state index < -0.39 is 11.0 Å². The number of nitrogens with one attached hydrogen (secondary N) is 1. The summed E-state index contributed by atoms with van der Waals surface area (Å²) in [4.78, 5) is 12.7. The third-order valence-corrected chi connectivity index (χ3v) is 2.44. The van der Waals surface area contributed by atoms with Crippen molar-refractivity contribution in [3.63, 3.8) is 0 Å². The highest BCUT2D eigenvalue weighted by Gasteiger charge is 2.35. The quantitative estimate of drug-likeness (QED) is 0.647. The predicted octanol–water partition coefficient (Wildman–Crippen LogP) is 0.573. The number of carboxylic acid groups (broad SMARTS) is 1. The molecule has 4 N–H and O–H groups in total. The van der Waals surface area contributed by atoms with Crippen LogP contribution in [0, 0.1) is 0 Å². The molecule has 1 aromatic rings. The Morgan fingerprint density at radius 2 is 2.07 bits per heavy atom. The average molecular weight is 225 g/mol. The van der Waals surface area contributed by atoms with E-state index in [1.807, 2.05) is 18.2 Å². The lowest BCUT2D eigenvalue weighted by Crippen LogP contribution is -2.52. The summed E-state index contributed by atoms with van der Waals surface area (Å²) in [6.07, 6.45) is 5.01. The van der Waals surface area contributed by atoms with Crippen molar-refractivity contribution >= 4 is 17.7 Å². The second-order valence-corrected chi connectivity index (χ2v) is 3.78. The molecule has 2 heterocycles. The number of pyridine rings is 1. The van der Waals surface area contributed by atoms with Crippen molar-refractivity contribution in [2.45, 2.75) is 4.99 Å². The van der Waals surface area contributed by atoms with Crippen molar-refractivity contribution in [2.75, 3.05) is 0 Å². The van der Waals surface area contributed by atoms with E-state index >= 15 is 0 Å². The van der Waals surface area contributed by atoms with Gasteiger partial charge in [-0.1, -0.05) is 17.8 Å². The molecule has 1 atom stereocenters. The van der Waals surface area contributed by atoms with Crippen molar-refractivity contribution in [2.24, 2.45) is 5.73 Å². The maximum absolute atomic E-state index is 10.3. The summed E-state index contributed by atoms with van der Waals surface area (Å²) in [5, 5.41) is 12.5. The van der Waals surface area contributed by atoms with E-state index in [-0.39, 0.29) is 0 Å². The summed E-state index contributed by atoms with van der Waals surface area (Å²) in [6.45, 7) is 0. The molecule has 1 unspecified atom stereocenters. The largest absolute Gasteiger partial charge is 0.478 e. The summed E-state index contributed by atoms with van der Waals surface area (Å²) in [5.41, 5.74) is 5.29. The van der Waals surface area contributed by atoms with Crippen LogP contribution >= 0.6 is 11.8 Å². The van der Waals surface area contributed by atoms with Crippen molar-refractivity contribution in [1.29, 1.82) is 0 Å². The number of nitrogens with two attached hydrogens (primary N) is 1. The fourth-order valence-corrected chi connectivity index (χ4v) is 1.35. The van der Waals surface area contributed by atoms with Crippen LogP contribution in [0.5, 0.6) is 0 Å². The van der Waals surface area contributed by atoms with Gasteiger partial charge in [0.05, 0.1) is 0 Å². The number of carbonyl (C=O) groups is 1. The lowest BCUT2D eigenvalue weighted by atomic mass is 10.5. The molecule has 15 heavy (non-hydrogen) atoms. The van der Waals surface area contributed by atoms with Gasteiger partial charge in [0.1, 0.15) is 0 Å². The van der Waals surface area contributed by atoms with Gasteiger partial charge in [-0.3, -0.25) is 10.7 Å². The fraction of sp³-hybridized carbons (Fsp3) is 0.111. The minimum atomic E-state index is -1.33. The van der Waals surface area contributed by atoms with Crippen LogP contribution in [0.1, 0.15) is 0 Å². The second kappa shape index (κ2) is 5.38. The molecular weight excluding hydrogens is 214 g/mol. The molecule has 0 aromatic carbocycles. The van der Waals surface area contributed by atoms with Gasteiger partial charge in [-0.25, -0.2) is 4.79 Å². The number of rotatable bonds is 1. The van der Waals surface area contributed by atoms with Crippen LogP contribution in [0.25, 0.3) is 0 Å². The zero-order valence-corrected chi connectivity index (χ0v) is 8.65. The van der Waals surface area contributed by atoms with Crippen molar-refractivity contribution in [3.05, 3.63) is 42.2 Å². The summed E-state index contributed by atoms with van der Waals surface area (Å²) < 4.78 is 0. The summed E-state index contributed by atoms with van der Waals surface area (Å²) in [5.74, 6) is -1.06. The molecule has 1 aliphatic heterocycles. The Labute approximate surface area is 91.4 Å². The lowest BCUT2D eigenvalue weighted by Gasteiger charge is -2.16. The van der Waals surface area contributed by atoms with E-state index in [2.05, 4.69) is 10.3 Å². The molecule has 0 fully saturated rings. The van der Waals surface area contributed by atoms with Crippen LogP contribution in [0.15, 0.2) is 42.2 Å². The van der Waals surface area contributed by atoms with Gasteiger partial charge >= 0.3 is 5.97 Å². The molecule has 1 aliphatic rings. The van der Waals surface area contributed by atoms with E-state index in [1.54, 1.807) is 17.8 Å². The maximum Gasteiger partial charge on any atom is 0.355 e. The van der Waals surface area contributed by atoms with Gasteiger partial charge in [-0.2, -0.15) is 0 Å². The highest BCUT2D eigenvalue weighted by atomic mass is 32.2. The molecule has 0 amide bonds. The molecule has 80 valence electrons. The van der Waals surface area contributed by atoms with Crippen molar-refractivity contribution in [1.82, 2.24) is 10.3 Å². The molecule has 0 bridgehead atoms. The van der Waals surface area contributed by atoms with Crippen LogP contribution in [0.3, 0.4) is 0 Å². The summed E-state index contributed by atoms with van der Waals surface area (Å²) >= 11 is 1.04. The average Bonchev–Trinajstić information content (AvgIpc) is 2.70. The first-order valence-electron chi connectivity index (χ1n) is 4.13. The van der Waals surface area contributed by atoms with E-state index in [4.69, 9.17) is 10.8 Å². The van der Waals surface area contributed by atoms with E-state index in [1.165, 1.54) is 6.20 Å². The zero-order chi connectivity index (χ0) is 11.1. The lowest BCUT2D eigenvalue weighted by molar-refractivity contribution is -0.140. The Hall–Kier alpha value is -1.53. The maximum atomic E-state index is 10.3. The normalized spacial score (nSPS) is 22.5. The minimum absolute atomic E-state index is 1.04. The molecule has 2 rings (SSSR count). The van der Waals surface area contributed by atoms with Gasteiger partial charge in [0.25, 0.3) is 0 Å². The Morgan fingerprint density at radius 1 is 1.40 bits per heavy atom. The first-order valence-corrected chi connectivity index (χ1v) is 5.01. The Bertz CT molecular complexity index is 308. The zero-order valence-electron chi connectivity index (χ0n) is 7.83. The molecular formula is C9H11N3O2S. The SMILES string of the molecule is NC1(C(=O)O)NC=CS1.c1ccncc1. The number of carboxylic acids is 1. The topological polar surface area (TPSA) is 88.2 Å². The number of hydrogen-bond acceptors (Lipinski definition) is 5. The molecule has 1 aromatic heterocycles. The van der Waals surface area contributed by atoms with Crippen LogP contribution in [0.4, 0.5) is 0 Å². The van der Waals surface area contributed by atoms with Gasteiger partial charge in [0.15, 0.2) is 0 Å². The third kappa shape index (κ3) is 3.61. The molecule has 6 heteroatoms. The summed E-state index contributed by atoms with van der Waals surface area (Å²) in [7, 11) is 0. The Balaban J connectivity index is 0.000000162. The smallest absolute Gasteiger partial charge is 0.355 e. The molecule has 0 aliphatic carbocycles. The predicted molar refractivity (Wildman–Crippen MR) is 58.7 cm³/mol. The first kappa shape index (κ1) is 11.5. The summed E-state index contributed by atoms with van der Waals surface area (Å²) in [6, 6.07) is 5.72. The number of aromatic nitrogens is 1.